The van der Waals surface area contributed by atoms with Gasteiger partial charge < -0.3 is 9.90 Å². The number of rotatable bonds is 16. The molecule has 0 aromatic carbocycles. The molecule has 128 valence electrons. The maximum absolute atomic E-state index is 10.2. The fraction of sp³-hybridized carbons (Fsp3) is 0.750. The minimum Gasteiger partial charge on any atom is -0.550 e. The fourth-order valence-corrected chi connectivity index (χ4v) is 2.43. The summed E-state index contributed by atoms with van der Waals surface area (Å²) in [5.41, 5.74) is 0. The Hall–Kier alpha value is -0.0500. The molecule has 0 heterocycles. The predicted octanol–water partition coefficient (Wildman–Crippen LogP) is 2.33. The van der Waals surface area contributed by atoms with Gasteiger partial charge in [0, 0.05) is 5.97 Å². The molecule has 23 heavy (non-hydrogen) atoms. The molecule has 0 saturated carbocycles. The van der Waals surface area contributed by atoms with Gasteiger partial charge in [-0.3, -0.25) is 0 Å². The summed E-state index contributed by atoms with van der Waals surface area (Å²) in [6.07, 6.45) is 24.9. The van der Waals surface area contributed by atoms with Crippen molar-refractivity contribution < 1.29 is 39.5 Å². The zero-order valence-corrected chi connectivity index (χ0v) is 17.5. The van der Waals surface area contributed by atoms with E-state index in [9.17, 15) is 9.90 Å². The predicted molar refractivity (Wildman–Crippen MR) is 93.6 cm³/mol. The topological polar surface area (TPSA) is 40.1 Å². The van der Waals surface area contributed by atoms with Gasteiger partial charge >= 0.3 is 29.6 Å². The molecule has 0 radical (unpaired) electrons. The summed E-state index contributed by atoms with van der Waals surface area (Å²) >= 11 is 0. The van der Waals surface area contributed by atoms with E-state index in [-0.39, 0.29) is 36.0 Å². The molecule has 0 aromatic rings. The van der Waals surface area contributed by atoms with Crippen molar-refractivity contribution in [3.05, 3.63) is 24.3 Å². The summed E-state index contributed by atoms with van der Waals surface area (Å²) in [7, 11) is 0. The number of carbonyl (C=O) groups is 1. The van der Waals surface area contributed by atoms with Crippen molar-refractivity contribution in [3.63, 3.8) is 0 Å². The average Bonchev–Trinajstić information content (AvgIpc) is 2.50. The van der Waals surface area contributed by atoms with Crippen molar-refractivity contribution in [2.24, 2.45) is 0 Å². The number of hydrogen-bond acceptors (Lipinski definition) is 2. The fourth-order valence-electron chi connectivity index (χ4n) is 2.43. The van der Waals surface area contributed by atoms with Crippen LogP contribution in [0.4, 0.5) is 0 Å². The van der Waals surface area contributed by atoms with Crippen molar-refractivity contribution in [1.29, 1.82) is 0 Å². The van der Waals surface area contributed by atoms with Gasteiger partial charge in [0.2, 0.25) is 0 Å². The summed E-state index contributed by atoms with van der Waals surface area (Å²) in [5, 5.41) is 10.2. The maximum Gasteiger partial charge on any atom is 1.00 e. The first-order chi connectivity index (χ1) is 10.8. The first kappa shape index (κ1) is 25.2. The van der Waals surface area contributed by atoms with Crippen molar-refractivity contribution in [1.82, 2.24) is 0 Å². The number of aliphatic carboxylic acids is 1. The second-order valence-electron chi connectivity index (χ2n) is 6.06. The number of unbranched alkanes of at least 4 members (excludes halogenated alkanes) is 10. The molecule has 0 aromatic heterocycles. The SMILES string of the molecule is CCCCCC=CCC=CCCCCCCCCCC(=O)[O-].[Na+]. The molecule has 0 rings (SSSR count). The van der Waals surface area contributed by atoms with Crippen molar-refractivity contribution >= 4 is 5.97 Å². The van der Waals surface area contributed by atoms with E-state index in [1.165, 1.54) is 57.8 Å². The van der Waals surface area contributed by atoms with Crippen LogP contribution in [0.1, 0.15) is 96.8 Å². The molecular formula is C20H35NaO2. The molecule has 0 N–H and O–H groups in total. The summed E-state index contributed by atoms with van der Waals surface area (Å²) in [6, 6.07) is 0. The largest absolute Gasteiger partial charge is 1.00 e. The molecule has 0 aliphatic rings. The zero-order chi connectivity index (χ0) is 16.3. The molecule has 0 bridgehead atoms. The Balaban J connectivity index is 0. The molecule has 0 fully saturated rings. The molecule has 0 aliphatic heterocycles. The Kier molecular flexibility index (Phi) is 24.0. The third-order valence-electron chi connectivity index (χ3n) is 3.83. The number of allylic oxidation sites excluding steroid dienone is 4. The molecule has 0 spiro atoms. The number of carboxylic acid groups (broad SMARTS) is 1. The molecule has 0 saturated heterocycles. The number of hydrogen-bond donors (Lipinski definition) is 0. The monoisotopic (exact) mass is 330 g/mol. The van der Waals surface area contributed by atoms with Crippen LogP contribution >= 0.6 is 0 Å². The average molecular weight is 330 g/mol. The van der Waals surface area contributed by atoms with Crippen molar-refractivity contribution in [3.8, 4) is 0 Å². The van der Waals surface area contributed by atoms with Crippen LogP contribution in [0.25, 0.3) is 0 Å². The van der Waals surface area contributed by atoms with Gasteiger partial charge in [-0.2, -0.15) is 0 Å². The first-order valence-electron chi connectivity index (χ1n) is 9.27. The third-order valence-corrected chi connectivity index (χ3v) is 3.83. The van der Waals surface area contributed by atoms with E-state index in [1.54, 1.807) is 0 Å². The zero-order valence-electron chi connectivity index (χ0n) is 15.5. The summed E-state index contributed by atoms with van der Waals surface area (Å²) in [6.45, 7) is 2.24. The molecule has 2 nitrogen and oxygen atoms in total. The third kappa shape index (κ3) is 24.3. The number of carboxylic acids is 1. The van der Waals surface area contributed by atoms with Gasteiger partial charge in [-0.05, 0) is 44.9 Å². The molecular weight excluding hydrogens is 295 g/mol. The van der Waals surface area contributed by atoms with Crippen LogP contribution < -0.4 is 34.7 Å². The Morgan fingerprint density at radius 3 is 1.74 bits per heavy atom. The first-order valence-corrected chi connectivity index (χ1v) is 9.27. The van der Waals surface area contributed by atoms with Gasteiger partial charge in [0.05, 0.1) is 0 Å². The van der Waals surface area contributed by atoms with Crippen molar-refractivity contribution in [2.45, 2.75) is 96.8 Å². The van der Waals surface area contributed by atoms with Gasteiger partial charge in [-0.25, -0.2) is 0 Å². The van der Waals surface area contributed by atoms with Crippen LogP contribution in [0.3, 0.4) is 0 Å². The normalized spacial score (nSPS) is 11.2. The molecule has 3 heteroatoms. The van der Waals surface area contributed by atoms with Crippen LogP contribution in [-0.4, -0.2) is 5.97 Å². The molecule has 0 amide bonds. The van der Waals surface area contributed by atoms with E-state index in [0.29, 0.717) is 0 Å². The summed E-state index contributed by atoms with van der Waals surface area (Å²) < 4.78 is 0. The molecule has 0 unspecified atom stereocenters. The standard InChI is InChI=1S/C20H36O2.Na/c1-2-3-4-5-6-7-8-9-10-11-12-13-14-15-16-17-18-19-20(21)22;/h6-7,9-10H,2-5,8,11-19H2,1H3,(H,21,22);/q;+1/p-1. The van der Waals surface area contributed by atoms with Crippen LogP contribution in [0.15, 0.2) is 24.3 Å². The van der Waals surface area contributed by atoms with Gasteiger partial charge in [0.1, 0.15) is 0 Å². The van der Waals surface area contributed by atoms with Gasteiger partial charge in [-0.15, -0.1) is 0 Å². The Labute approximate surface area is 166 Å². The van der Waals surface area contributed by atoms with Gasteiger partial charge in [0.25, 0.3) is 0 Å². The Morgan fingerprint density at radius 1 is 0.739 bits per heavy atom. The Morgan fingerprint density at radius 2 is 1.22 bits per heavy atom. The van der Waals surface area contributed by atoms with Gasteiger partial charge in [-0.1, -0.05) is 76.2 Å². The number of carbonyl (C=O) groups excluding carboxylic acids is 1. The van der Waals surface area contributed by atoms with Gasteiger partial charge in [0.15, 0.2) is 0 Å². The summed E-state index contributed by atoms with van der Waals surface area (Å²) in [5.74, 6) is -0.914. The van der Waals surface area contributed by atoms with Crippen LogP contribution in [-0.2, 0) is 4.79 Å². The minimum absolute atomic E-state index is 0. The quantitative estimate of drug-likeness (QED) is 0.248. The second-order valence-corrected chi connectivity index (χ2v) is 6.06. The van der Waals surface area contributed by atoms with E-state index in [2.05, 4.69) is 31.2 Å². The smallest absolute Gasteiger partial charge is 0.550 e. The molecule has 0 aliphatic carbocycles. The van der Waals surface area contributed by atoms with Crippen LogP contribution in [0.5, 0.6) is 0 Å². The van der Waals surface area contributed by atoms with Crippen molar-refractivity contribution in [2.75, 3.05) is 0 Å². The van der Waals surface area contributed by atoms with E-state index < -0.39 is 5.97 Å². The van der Waals surface area contributed by atoms with E-state index in [0.717, 1.165) is 25.7 Å². The van der Waals surface area contributed by atoms with E-state index >= 15 is 0 Å². The van der Waals surface area contributed by atoms with Crippen LogP contribution in [0, 0.1) is 0 Å². The Bertz CT molecular complexity index is 298. The maximum atomic E-state index is 10.2. The van der Waals surface area contributed by atoms with Crippen LogP contribution in [0.2, 0.25) is 0 Å². The summed E-state index contributed by atoms with van der Waals surface area (Å²) in [4.78, 5) is 10.2. The molecule has 0 atom stereocenters. The van der Waals surface area contributed by atoms with E-state index in [1.807, 2.05) is 0 Å². The second kappa shape index (κ2) is 21.9. The van der Waals surface area contributed by atoms with E-state index in [4.69, 9.17) is 0 Å². The minimum atomic E-state index is -0.914.